The van der Waals surface area contributed by atoms with Crippen molar-refractivity contribution in [2.24, 2.45) is 0 Å². The topological polar surface area (TPSA) is 78.2 Å². The molecule has 27 heavy (non-hydrogen) atoms. The zero-order valence-electron chi connectivity index (χ0n) is 13.9. The lowest BCUT2D eigenvalue weighted by atomic mass is 10.2. The first kappa shape index (κ1) is 18.3. The van der Waals surface area contributed by atoms with Gasteiger partial charge in [0.25, 0.3) is 0 Å². The molecular weight excluding hydrogens is 374 g/mol. The van der Waals surface area contributed by atoms with E-state index in [4.69, 9.17) is 10.00 Å². The molecule has 0 unspecified atom stereocenters. The molecule has 2 aromatic carbocycles. The van der Waals surface area contributed by atoms with Crippen molar-refractivity contribution >= 4 is 28.2 Å². The molecule has 1 heterocycles. The number of halogens is 2. The average Bonchev–Trinajstić information content (AvgIpc) is 3.08. The summed E-state index contributed by atoms with van der Waals surface area (Å²) >= 11 is 1.03. The van der Waals surface area contributed by atoms with Gasteiger partial charge in [0.1, 0.15) is 23.5 Å². The van der Waals surface area contributed by atoms with E-state index in [9.17, 15) is 13.6 Å². The van der Waals surface area contributed by atoms with Crippen molar-refractivity contribution in [3.63, 3.8) is 0 Å². The Hall–Kier alpha value is -3.51. The Labute approximate surface area is 157 Å². The van der Waals surface area contributed by atoms with E-state index < -0.39 is 17.7 Å². The van der Waals surface area contributed by atoms with Crippen LogP contribution in [0.25, 0.3) is 0 Å². The van der Waals surface area contributed by atoms with E-state index in [-0.39, 0.29) is 16.4 Å². The molecule has 2 amide bonds. The standard InChI is InChI=1S/C18H12F2N4O2S/c1-24(13-4-2-3-12(19)7-13)18(25)23-17-22-10-16(27-17)26-14-6-5-11(9-21)15(20)8-14/h2-8,10H,1H3,(H,22,23,25). The van der Waals surface area contributed by atoms with Crippen molar-refractivity contribution in [3.8, 4) is 16.9 Å². The molecule has 3 aromatic rings. The maximum atomic E-state index is 13.6. The normalized spacial score (nSPS) is 10.1. The number of aromatic nitrogens is 1. The SMILES string of the molecule is CN(C(=O)Nc1ncc(Oc2ccc(C#N)c(F)c2)s1)c1cccc(F)c1. The number of hydrogen-bond donors (Lipinski definition) is 1. The molecule has 0 fully saturated rings. The van der Waals surface area contributed by atoms with Crippen LogP contribution in [-0.2, 0) is 0 Å². The van der Waals surface area contributed by atoms with Crippen LogP contribution >= 0.6 is 11.3 Å². The van der Waals surface area contributed by atoms with Gasteiger partial charge in [-0.15, -0.1) is 0 Å². The monoisotopic (exact) mass is 386 g/mol. The molecule has 0 bridgehead atoms. The molecule has 0 saturated heterocycles. The van der Waals surface area contributed by atoms with Gasteiger partial charge in [-0.1, -0.05) is 17.4 Å². The maximum absolute atomic E-state index is 13.6. The van der Waals surface area contributed by atoms with Crippen molar-refractivity contribution in [2.75, 3.05) is 17.3 Å². The first-order chi connectivity index (χ1) is 13.0. The van der Waals surface area contributed by atoms with E-state index in [2.05, 4.69) is 10.3 Å². The number of ether oxygens (including phenoxy) is 1. The van der Waals surface area contributed by atoms with Crippen LogP contribution in [0, 0.1) is 23.0 Å². The van der Waals surface area contributed by atoms with E-state index in [1.54, 1.807) is 12.1 Å². The largest absolute Gasteiger partial charge is 0.445 e. The minimum atomic E-state index is -0.690. The van der Waals surface area contributed by atoms with Crippen LogP contribution in [0.3, 0.4) is 0 Å². The first-order valence-electron chi connectivity index (χ1n) is 7.60. The molecule has 136 valence electrons. The number of nitrogens with zero attached hydrogens (tertiary/aromatic N) is 3. The molecule has 0 atom stereocenters. The highest BCUT2D eigenvalue weighted by atomic mass is 32.1. The smallest absolute Gasteiger partial charge is 0.327 e. The highest BCUT2D eigenvalue weighted by Crippen LogP contribution is 2.31. The molecule has 0 radical (unpaired) electrons. The zero-order chi connectivity index (χ0) is 19.4. The molecule has 6 nitrogen and oxygen atoms in total. The van der Waals surface area contributed by atoms with Crippen molar-refractivity contribution in [3.05, 3.63) is 65.9 Å². The number of nitriles is 1. The van der Waals surface area contributed by atoms with Gasteiger partial charge >= 0.3 is 6.03 Å². The van der Waals surface area contributed by atoms with Gasteiger partial charge in [-0.25, -0.2) is 18.6 Å². The molecule has 0 aliphatic rings. The predicted octanol–water partition coefficient (Wildman–Crippen LogP) is 4.75. The van der Waals surface area contributed by atoms with Crippen molar-refractivity contribution in [1.29, 1.82) is 5.26 Å². The summed E-state index contributed by atoms with van der Waals surface area (Å²) in [5.41, 5.74) is 0.300. The number of carbonyl (C=O) groups is 1. The Morgan fingerprint density at radius 1 is 1.30 bits per heavy atom. The van der Waals surface area contributed by atoms with Crippen molar-refractivity contribution in [2.45, 2.75) is 0 Å². The second-order valence-corrected chi connectivity index (χ2v) is 6.30. The molecule has 0 aliphatic heterocycles. The number of carbonyl (C=O) groups excluding carboxylic acids is 1. The minimum Gasteiger partial charge on any atom is -0.445 e. The molecule has 3 rings (SSSR count). The van der Waals surface area contributed by atoms with Crippen LogP contribution in [0.5, 0.6) is 10.8 Å². The lowest BCUT2D eigenvalue weighted by Gasteiger charge is -2.16. The van der Waals surface area contributed by atoms with Gasteiger partial charge in [-0.05, 0) is 30.3 Å². The van der Waals surface area contributed by atoms with E-state index in [1.165, 1.54) is 48.5 Å². The third kappa shape index (κ3) is 4.37. The first-order valence-corrected chi connectivity index (χ1v) is 8.41. The summed E-state index contributed by atoms with van der Waals surface area (Å²) < 4.78 is 32.4. The van der Waals surface area contributed by atoms with Crippen LogP contribution in [0.15, 0.2) is 48.7 Å². The fourth-order valence-electron chi connectivity index (χ4n) is 2.11. The van der Waals surface area contributed by atoms with Crippen LogP contribution in [0.4, 0.5) is 24.4 Å². The number of hydrogen-bond acceptors (Lipinski definition) is 5. The Bertz CT molecular complexity index is 1030. The number of urea groups is 1. The van der Waals surface area contributed by atoms with Gasteiger partial charge in [0.05, 0.1) is 11.8 Å². The lowest BCUT2D eigenvalue weighted by molar-refractivity contribution is 0.258. The number of nitrogens with one attached hydrogen (secondary N) is 1. The Kier molecular flexibility index (Phi) is 5.28. The van der Waals surface area contributed by atoms with Gasteiger partial charge in [-0.2, -0.15) is 5.26 Å². The van der Waals surface area contributed by atoms with Crippen LogP contribution in [0.2, 0.25) is 0 Å². The highest BCUT2D eigenvalue weighted by Gasteiger charge is 2.14. The summed E-state index contributed by atoms with van der Waals surface area (Å²) in [7, 11) is 1.49. The Morgan fingerprint density at radius 2 is 2.11 bits per heavy atom. The van der Waals surface area contributed by atoms with Gasteiger partial charge in [-0.3, -0.25) is 10.2 Å². The minimum absolute atomic E-state index is 0.0833. The van der Waals surface area contributed by atoms with Crippen LogP contribution in [-0.4, -0.2) is 18.1 Å². The van der Waals surface area contributed by atoms with Crippen molar-refractivity contribution in [1.82, 2.24) is 4.98 Å². The van der Waals surface area contributed by atoms with Crippen molar-refractivity contribution < 1.29 is 18.3 Å². The summed E-state index contributed by atoms with van der Waals surface area (Å²) in [4.78, 5) is 17.5. The zero-order valence-corrected chi connectivity index (χ0v) is 14.8. The molecule has 1 N–H and O–H groups in total. The van der Waals surface area contributed by atoms with Crippen LogP contribution in [0.1, 0.15) is 5.56 Å². The third-order valence-corrected chi connectivity index (χ3v) is 4.27. The van der Waals surface area contributed by atoms with Crippen LogP contribution < -0.4 is 15.0 Å². The fourth-order valence-corrected chi connectivity index (χ4v) is 2.79. The summed E-state index contributed by atoms with van der Waals surface area (Å²) in [5, 5.41) is 11.9. The van der Waals surface area contributed by atoms with E-state index in [0.717, 1.165) is 17.4 Å². The number of benzene rings is 2. The van der Waals surface area contributed by atoms with E-state index in [1.807, 2.05) is 0 Å². The maximum Gasteiger partial charge on any atom is 0.327 e. The van der Waals surface area contributed by atoms with Gasteiger partial charge < -0.3 is 4.74 Å². The molecule has 0 saturated carbocycles. The molecule has 0 aliphatic carbocycles. The van der Waals surface area contributed by atoms with Gasteiger partial charge in [0.2, 0.25) is 5.06 Å². The second-order valence-electron chi connectivity index (χ2n) is 5.31. The quantitative estimate of drug-likeness (QED) is 0.702. The van der Waals surface area contributed by atoms with E-state index >= 15 is 0 Å². The Morgan fingerprint density at radius 3 is 2.81 bits per heavy atom. The summed E-state index contributed by atoms with van der Waals surface area (Å²) in [6.07, 6.45) is 1.37. The van der Waals surface area contributed by atoms with E-state index in [0.29, 0.717) is 10.8 Å². The fraction of sp³-hybridized carbons (Fsp3) is 0.0556. The second kappa shape index (κ2) is 7.80. The Balaban J connectivity index is 1.66. The lowest BCUT2D eigenvalue weighted by Crippen LogP contribution is -2.31. The summed E-state index contributed by atoms with van der Waals surface area (Å²) in [5.74, 6) is -0.943. The van der Waals surface area contributed by atoms with Gasteiger partial charge in [0, 0.05) is 18.8 Å². The summed E-state index contributed by atoms with van der Waals surface area (Å²) in [6, 6.07) is 10.7. The van der Waals surface area contributed by atoms with Gasteiger partial charge in [0.15, 0.2) is 5.13 Å². The summed E-state index contributed by atoms with van der Waals surface area (Å²) in [6.45, 7) is 0. The number of anilines is 2. The number of amides is 2. The highest BCUT2D eigenvalue weighted by molar-refractivity contribution is 7.17. The third-order valence-electron chi connectivity index (χ3n) is 3.48. The number of rotatable bonds is 4. The molecule has 9 heteroatoms. The molecule has 0 spiro atoms. The predicted molar refractivity (Wildman–Crippen MR) is 97.1 cm³/mol. The average molecular weight is 386 g/mol. The number of thiazole rings is 1. The molecular formula is C18H12F2N4O2S. The molecule has 1 aromatic heterocycles.